The largest absolute Gasteiger partial charge is 0.460 e. The van der Waals surface area contributed by atoms with Crippen molar-refractivity contribution in [3.05, 3.63) is 0 Å². The van der Waals surface area contributed by atoms with Crippen molar-refractivity contribution in [3.63, 3.8) is 0 Å². The fourth-order valence-corrected chi connectivity index (χ4v) is 4.45. The molecule has 0 aliphatic rings. The maximum Gasteiger partial charge on any atom is 0.460 e. The van der Waals surface area contributed by atoms with E-state index in [-0.39, 0.29) is 18.9 Å². The van der Waals surface area contributed by atoms with E-state index in [1.165, 1.54) is 0 Å². The molecule has 56 heteroatoms. The molecule has 0 saturated heterocycles. The van der Waals surface area contributed by atoms with Gasteiger partial charge in [0.1, 0.15) is 0 Å². The molecule has 0 spiro atoms. The van der Waals surface area contributed by atoms with E-state index in [0.717, 1.165) is 0 Å². The smallest absolute Gasteiger partial charge is 0.249 e. The van der Waals surface area contributed by atoms with Crippen molar-refractivity contribution >= 4 is 0 Å². The molecule has 0 aromatic rings. The van der Waals surface area contributed by atoms with Crippen molar-refractivity contribution in [2.45, 2.75) is 145 Å². The number of hydrogen-bond donors (Lipinski definition) is 0. The normalized spacial score (nSPS) is 17.3. The van der Waals surface area contributed by atoms with Crippen LogP contribution in [0.15, 0.2) is 0 Å². The lowest BCUT2D eigenvalue weighted by molar-refractivity contribution is -0.632. The average Bonchev–Trinajstić information content (AvgIpc) is 3.12. The van der Waals surface area contributed by atoms with Gasteiger partial charge >= 0.3 is 150 Å². The average molecular weight is 1350 g/mol. The summed E-state index contributed by atoms with van der Waals surface area (Å²) >= 11 is 0. The van der Waals surface area contributed by atoms with Gasteiger partial charge in [-0.15, -0.1) is 0 Å². The van der Waals surface area contributed by atoms with E-state index < -0.39 is 150 Å². The van der Waals surface area contributed by atoms with Crippen molar-refractivity contribution in [1.29, 1.82) is 0 Å². The van der Waals surface area contributed by atoms with Crippen LogP contribution >= 0.6 is 0 Å². The summed E-state index contributed by atoms with van der Waals surface area (Å²) in [5, 5.41) is 0. The quantitative estimate of drug-likeness (QED) is 0.0903. The topological polar surface area (TPSA) is 36.9 Å². The third-order valence-electron chi connectivity index (χ3n) is 8.81. The summed E-state index contributed by atoms with van der Waals surface area (Å²) in [6, 6.07) is 0. The first-order chi connectivity index (χ1) is 33.8. The van der Waals surface area contributed by atoms with Crippen LogP contribution in [0.5, 0.6) is 0 Å². The highest BCUT2D eigenvalue weighted by atomic mass is 19.5. The molecule has 0 amide bonds. The first kappa shape index (κ1) is 77.2. The van der Waals surface area contributed by atoms with E-state index >= 15 is 35.1 Å². The number of halogens is 52. The molecule has 0 aliphatic heterocycles. The second kappa shape index (κ2) is 19.1. The molecule has 0 unspecified atom stereocenters. The minimum absolute atomic E-state index is 0.0174. The highest BCUT2D eigenvalue weighted by molar-refractivity contribution is 5.14. The second-order valence-electron chi connectivity index (χ2n) is 14.2. The zero-order valence-electron chi connectivity index (χ0n) is 33.8. The predicted octanol–water partition coefficient (Wildman–Crippen LogP) is 16.7. The Kier molecular flexibility index (Phi) is 18.2. The fourth-order valence-electron chi connectivity index (χ4n) is 4.45. The third kappa shape index (κ3) is 10.5. The molecule has 488 valence electrons. The van der Waals surface area contributed by atoms with Crippen LogP contribution in [0, 0.1) is 5.41 Å². The Morgan fingerprint density at radius 1 is 0.111 bits per heavy atom. The van der Waals surface area contributed by atoms with E-state index in [1.54, 1.807) is 0 Å². The SMILES string of the molecule is FC(F)(F)C(F)(F)C(F)(F)C(F)(F)C(F)(F)OC(F)(F)C(C(F)(F)OC(F)(F)C(F)(F)C(F)(F)C(F)(F)C(F)(F)F)(C(F)(F)OC(F)(F)C(F)(F)C(F)(F)C(F)(F)C(F)(F)F)C(F)(F)OC(F)(F)C(F)(F)C(F)(F)C(F)(F)C(F)(F)F. The predicted molar refractivity (Wildman–Crippen MR) is 130 cm³/mol. The lowest BCUT2D eigenvalue weighted by Gasteiger charge is -2.52. The van der Waals surface area contributed by atoms with Crippen molar-refractivity contribution in [3.8, 4) is 0 Å². The van der Waals surface area contributed by atoms with E-state index in [1.807, 2.05) is 0 Å². The molecule has 0 heterocycles. The van der Waals surface area contributed by atoms with Crippen molar-refractivity contribution in [2.24, 2.45) is 5.41 Å². The Labute approximate surface area is 399 Å². The van der Waals surface area contributed by atoms with Gasteiger partial charge in [-0.2, -0.15) is 228 Å². The molecular weight excluding hydrogens is 1350 g/mol. The minimum atomic E-state index is -12.4. The van der Waals surface area contributed by atoms with Crippen LogP contribution < -0.4 is 0 Å². The first-order valence-electron chi connectivity index (χ1n) is 16.5. The van der Waals surface area contributed by atoms with Gasteiger partial charge in [0.15, 0.2) is 0 Å². The van der Waals surface area contributed by atoms with Crippen molar-refractivity contribution in [2.75, 3.05) is 0 Å². The van der Waals surface area contributed by atoms with Crippen LogP contribution in [-0.4, -0.2) is 145 Å². The fraction of sp³-hybridized carbons (Fsp3) is 1.00. The van der Waals surface area contributed by atoms with Gasteiger partial charge < -0.3 is 0 Å². The van der Waals surface area contributed by atoms with Crippen molar-refractivity contribution in [1.82, 2.24) is 0 Å². The molecule has 0 radical (unpaired) electrons. The zero-order valence-corrected chi connectivity index (χ0v) is 33.8. The number of hydrogen-bond acceptors (Lipinski definition) is 4. The molecule has 4 nitrogen and oxygen atoms in total. The van der Waals surface area contributed by atoms with Gasteiger partial charge in [-0.05, 0) is 0 Å². The number of rotatable bonds is 24. The van der Waals surface area contributed by atoms with Gasteiger partial charge in [0.25, 0.3) is 0 Å². The van der Waals surface area contributed by atoms with Gasteiger partial charge in [-0.3, -0.25) is 0 Å². The summed E-state index contributed by atoms with van der Waals surface area (Å²) in [5.41, 5.74) is -12.4. The van der Waals surface area contributed by atoms with E-state index in [4.69, 9.17) is 0 Å². The van der Waals surface area contributed by atoms with Gasteiger partial charge in [0, 0.05) is 0 Å². The van der Waals surface area contributed by atoms with Crippen molar-refractivity contribution < 1.29 is 247 Å². The summed E-state index contributed by atoms with van der Waals surface area (Å²) in [4.78, 5) is 0. The zero-order chi connectivity index (χ0) is 67.3. The standard InChI is InChI=1S/C25F52O4/c26-2(27,6(34,35)14(50,51)52)10(42,43)22(70,71)78-18(62,63)1(19(64,65)79-23(72,73)11(44,45)3(28,29)7(36,37)15(53,54)55,20(66,67)80-24(74,75)12(46,47)4(30,31)8(38,39)16(56,57)58)21(68,69)81-25(76,77)13(48,49)5(32,33)9(40,41)17(59,60)61. The van der Waals surface area contributed by atoms with Gasteiger partial charge in [-0.25, -0.2) is 18.9 Å². The maximum absolute atomic E-state index is 15.6. The van der Waals surface area contributed by atoms with Crippen LogP contribution in [0.1, 0.15) is 0 Å². The molecule has 0 aromatic carbocycles. The second-order valence-corrected chi connectivity index (χ2v) is 14.2. The van der Waals surface area contributed by atoms with Gasteiger partial charge in [0.2, 0.25) is 0 Å². The first-order valence-corrected chi connectivity index (χ1v) is 16.5. The summed E-state index contributed by atoms with van der Waals surface area (Å²) in [6.07, 6.45) is -125. The summed E-state index contributed by atoms with van der Waals surface area (Å²) in [6.45, 7) is 0. The van der Waals surface area contributed by atoms with E-state index in [9.17, 15) is 193 Å². The van der Waals surface area contributed by atoms with Gasteiger partial charge in [-0.1, -0.05) is 0 Å². The molecular formula is C25F52O4. The molecule has 0 fully saturated rings. The number of alkyl halides is 52. The van der Waals surface area contributed by atoms with Gasteiger partial charge in [0.05, 0.1) is 0 Å². The highest BCUT2D eigenvalue weighted by Crippen LogP contribution is 2.73. The Morgan fingerprint density at radius 2 is 0.210 bits per heavy atom. The summed E-state index contributed by atoms with van der Waals surface area (Å²) in [5.74, 6) is -120. The molecule has 0 atom stereocenters. The Morgan fingerprint density at radius 3 is 0.296 bits per heavy atom. The molecule has 81 heavy (non-hydrogen) atoms. The third-order valence-corrected chi connectivity index (χ3v) is 8.81. The molecule has 0 bridgehead atoms. The highest BCUT2D eigenvalue weighted by Gasteiger charge is 3.02. The Bertz CT molecular complexity index is 1900. The van der Waals surface area contributed by atoms with Crippen LogP contribution in [0.3, 0.4) is 0 Å². The van der Waals surface area contributed by atoms with Crippen LogP contribution in [0.2, 0.25) is 0 Å². The van der Waals surface area contributed by atoms with Crippen LogP contribution in [-0.2, 0) is 18.9 Å². The van der Waals surface area contributed by atoms with E-state index in [0.29, 0.717) is 0 Å². The molecule has 0 aliphatic carbocycles. The summed E-state index contributed by atoms with van der Waals surface area (Å²) in [7, 11) is 0. The van der Waals surface area contributed by atoms with Crippen LogP contribution in [0.4, 0.5) is 228 Å². The van der Waals surface area contributed by atoms with Crippen LogP contribution in [0.25, 0.3) is 0 Å². The molecule has 0 rings (SSSR count). The molecule has 0 N–H and O–H groups in total. The lowest BCUT2D eigenvalue weighted by Crippen LogP contribution is -2.80. The Hall–Kier alpha value is -3.80. The molecule has 0 aromatic heterocycles. The monoisotopic (exact) mass is 1350 g/mol. The molecule has 0 saturated carbocycles. The maximum atomic E-state index is 15.6. The Balaban J connectivity index is 10.4. The lowest BCUT2D eigenvalue weighted by atomic mass is 9.80. The van der Waals surface area contributed by atoms with E-state index in [2.05, 4.69) is 0 Å². The minimum Gasteiger partial charge on any atom is -0.249 e. The summed E-state index contributed by atoms with van der Waals surface area (Å²) < 4.78 is 719. The number of ether oxygens (including phenoxy) is 4.